The summed E-state index contributed by atoms with van der Waals surface area (Å²) in [5.41, 5.74) is 0.0446. The van der Waals surface area contributed by atoms with Gasteiger partial charge in [-0.25, -0.2) is 4.39 Å². The first-order valence-electron chi connectivity index (χ1n) is 7.90. The van der Waals surface area contributed by atoms with Crippen molar-refractivity contribution < 1.29 is 9.18 Å². The number of rotatable bonds is 7. The quantitative estimate of drug-likeness (QED) is 0.811. The molecule has 1 amide bonds. The van der Waals surface area contributed by atoms with Crippen LogP contribution in [0.3, 0.4) is 0 Å². The molecule has 0 aliphatic heterocycles. The lowest BCUT2D eigenvalue weighted by Crippen LogP contribution is -2.51. The molecule has 0 heterocycles. The minimum absolute atomic E-state index is 0.00874. The summed E-state index contributed by atoms with van der Waals surface area (Å²) in [5, 5.41) is 15.2. The van der Waals surface area contributed by atoms with Crippen LogP contribution >= 0.6 is 0 Å². The van der Waals surface area contributed by atoms with E-state index in [0.29, 0.717) is 0 Å². The van der Waals surface area contributed by atoms with Crippen LogP contribution in [0.2, 0.25) is 0 Å². The molecule has 0 unspecified atom stereocenters. The van der Waals surface area contributed by atoms with Crippen molar-refractivity contribution in [3.8, 4) is 6.07 Å². The van der Waals surface area contributed by atoms with Crippen molar-refractivity contribution in [2.24, 2.45) is 11.8 Å². The number of hydrogen-bond donors (Lipinski definition) is 2. The van der Waals surface area contributed by atoms with E-state index in [4.69, 9.17) is 0 Å². The zero-order valence-electron chi connectivity index (χ0n) is 14.5. The van der Waals surface area contributed by atoms with Gasteiger partial charge in [0.25, 0.3) is 0 Å². The van der Waals surface area contributed by atoms with Gasteiger partial charge in [0.15, 0.2) is 0 Å². The van der Waals surface area contributed by atoms with Crippen LogP contribution in [0.1, 0.15) is 46.2 Å². The van der Waals surface area contributed by atoms with Crippen LogP contribution in [-0.4, -0.2) is 18.0 Å². The van der Waals surface area contributed by atoms with E-state index in [2.05, 4.69) is 16.7 Å². The fraction of sp³-hybridized carbons (Fsp3) is 0.556. The summed E-state index contributed by atoms with van der Waals surface area (Å²) in [7, 11) is 0. The van der Waals surface area contributed by atoms with Crippen LogP contribution < -0.4 is 10.6 Å². The molecule has 2 atom stereocenters. The second-order valence-electron chi connectivity index (χ2n) is 6.67. The monoisotopic (exact) mass is 319 g/mol. The van der Waals surface area contributed by atoms with Gasteiger partial charge < -0.3 is 10.6 Å². The number of benzene rings is 1. The topological polar surface area (TPSA) is 64.9 Å². The molecule has 1 rings (SSSR count). The first-order valence-corrected chi connectivity index (χ1v) is 7.90. The van der Waals surface area contributed by atoms with Gasteiger partial charge in [-0.15, -0.1) is 0 Å². The molecule has 0 aliphatic carbocycles. The van der Waals surface area contributed by atoms with Crippen molar-refractivity contribution in [1.29, 1.82) is 5.26 Å². The smallest absolute Gasteiger partial charge is 0.235 e. The van der Waals surface area contributed by atoms with Crippen LogP contribution in [0.5, 0.6) is 0 Å². The van der Waals surface area contributed by atoms with Crippen LogP contribution in [0.4, 0.5) is 4.39 Å². The van der Waals surface area contributed by atoms with Gasteiger partial charge in [0, 0.05) is 6.04 Å². The summed E-state index contributed by atoms with van der Waals surface area (Å²) >= 11 is 0. The van der Waals surface area contributed by atoms with Gasteiger partial charge in [0.1, 0.15) is 11.4 Å². The van der Waals surface area contributed by atoms with E-state index in [1.54, 1.807) is 19.1 Å². The molecule has 0 aliphatic rings. The van der Waals surface area contributed by atoms with Gasteiger partial charge in [0.05, 0.1) is 12.6 Å². The predicted octanol–water partition coefficient (Wildman–Crippen LogP) is 3.17. The zero-order chi connectivity index (χ0) is 17.6. The first-order chi connectivity index (χ1) is 10.7. The summed E-state index contributed by atoms with van der Waals surface area (Å²) in [6.45, 7) is 9.68. The summed E-state index contributed by atoms with van der Waals surface area (Å²) in [5.74, 6) is -0.263. The molecule has 0 aromatic heterocycles. The van der Waals surface area contributed by atoms with Crippen molar-refractivity contribution in [3.63, 3.8) is 0 Å². The van der Waals surface area contributed by atoms with E-state index in [1.807, 2.05) is 27.7 Å². The Morgan fingerprint density at radius 2 is 1.83 bits per heavy atom. The Labute approximate surface area is 138 Å². The molecule has 23 heavy (non-hydrogen) atoms. The predicted molar refractivity (Wildman–Crippen MR) is 89.0 cm³/mol. The highest BCUT2D eigenvalue weighted by Crippen LogP contribution is 2.21. The van der Waals surface area contributed by atoms with Gasteiger partial charge in [-0.3, -0.25) is 4.79 Å². The number of amides is 1. The number of nitriles is 1. The Bertz CT molecular complexity index is 563. The van der Waals surface area contributed by atoms with Crippen molar-refractivity contribution >= 4 is 5.91 Å². The Hall–Kier alpha value is -1.93. The van der Waals surface area contributed by atoms with Crippen molar-refractivity contribution in [1.82, 2.24) is 10.6 Å². The fourth-order valence-electron chi connectivity index (χ4n) is 2.25. The molecule has 1 aromatic carbocycles. The van der Waals surface area contributed by atoms with Crippen LogP contribution in [0.15, 0.2) is 24.3 Å². The maximum Gasteiger partial charge on any atom is 0.235 e. The van der Waals surface area contributed by atoms with Gasteiger partial charge in [-0.1, -0.05) is 39.8 Å². The average Bonchev–Trinajstić information content (AvgIpc) is 2.48. The Morgan fingerprint density at radius 3 is 2.26 bits per heavy atom. The van der Waals surface area contributed by atoms with Crippen LogP contribution in [0.25, 0.3) is 0 Å². The number of hydrogen-bond acceptors (Lipinski definition) is 3. The van der Waals surface area contributed by atoms with Crippen molar-refractivity contribution in [3.05, 3.63) is 35.6 Å². The Morgan fingerprint density at radius 1 is 1.26 bits per heavy atom. The zero-order valence-corrected chi connectivity index (χ0v) is 14.5. The third-order valence-corrected chi connectivity index (χ3v) is 4.16. The molecule has 5 heteroatoms. The average molecular weight is 319 g/mol. The molecule has 2 N–H and O–H groups in total. The second-order valence-corrected chi connectivity index (χ2v) is 6.67. The second kappa shape index (κ2) is 8.07. The number of carbonyl (C=O) groups excluding carboxylic acids is 1. The number of nitrogens with one attached hydrogen (secondary N) is 2. The molecular weight excluding hydrogens is 293 g/mol. The lowest BCUT2D eigenvalue weighted by Gasteiger charge is -2.28. The van der Waals surface area contributed by atoms with Gasteiger partial charge >= 0.3 is 0 Å². The largest absolute Gasteiger partial charge is 0.337 e. The Kier molecular flexibility index (Phi) is 6.71. The number of nitrogens with zero attached hydrogens (tertiary/aromatic N) is 1. The molecular formula is C18H26FN3O. The summed E-state index contributed by atoms with van der Waals surface area (Å²) < 4.78 is 13.1. The Balaban J connectivity index is 2.71. The minimum Gasteiger partial charge on any atom is -0.337 e. The van der Waals surface area contributed by atoms with Crippen molar-refractivity contribution in [2.75, 3.05) is 6.54 Å². The fourth-order valence-corrected chi connectivity index (χ4v) is 2.25. The maximum absolute atomic E-state index is 13.1. The lowest BCUT2D eigenvalue weighted by molar-refractivity contribution is -0.122. The van der Waals surface area contributed by atoms with E-state index < -0.39 is 5.54 Å². The molecule has 0 saturated carbocycles. The highest BCUT2D eigenvalue weighted by atomic mass is 19.1. The summed E-state index contributed by atoms with van der Waals surface area (Å²) in [6, 6.07) is 8.36. The minimum atomic E-state index is -0.887. The molecule has 0 spiro atoms. The molecule has 0 bridgehead atoms. The number of halogens is 1. The molecule has 0 saturated heterocycles. The van der Waals surface area contributed by atoms with Crippen molar-refractivity contribution in [2.45, 2.75) is 46.2 Å². The molecule has 0 radical (unpaired) electrons. The summed E-state index contributed by atoms with van der Waals surface area (Å²) in [6.07, 6.45) is 0. The van der Waals surface area contributed by atoms with E-state index in [-0.39, 0.29) is 36.1 Å². The highest BCUT2D eigenvalue weighted by molar-refractivity contribution is 5.79. The lowest BCUT2D eigenvalue weighted by atomic mass is 9.90. The maximum atomic E-state index is 13.1. The number of carbonyl (C=O) groups is 1. The van der Waals surface area contributed by atoms with E-state index in [0.717, 1.165) is 5.56 Å². The van der Waals surface area contributed by atoms with Crippen LogP contribution in [0, 0.1) is 29.0 Å². The first kappa shape index (κ1) is 19.1. The highest BCUT2D eigenvalue weighted by Gasteiger charge is 2.30. The standard InChI is InChI=1S/C18H26FN3O/c1-12(2)17(14-6-8-15(19)9-7-14)21-10-16(23)22-18(5,11-20)13(3)4/h6-9,12-13,17,21H,10H2,1-5H3,(H,22,23)/t17-,18+/m1/s1. The van der Waals surface area contributed by atoms with E-state index in [1.165, 1.54) is 12.1 Å². The van der Waals surface area contributed by atoms with E-state index >= 15 is 0 Å². The van der Waals surface area contributed by atoms with E-state index in [9.17, 15) is 14.4 Å². The van der Waals surface area contributed by atoms with Gasteiger partial charge in [-0.05, 0) is 36.5 Å². The SMILES string of the molecule is CC(C)[C@@H](NCC(=O)N[C@@](C)(C#N)C(C)C)c1ccc(F)cc1. The van der Waals surface area contributed by atoms with Gasteiger partial charge in [-0.2, -0.15) is 5.26 Å². The van der Waals surface area contributed by atoms with Gasteiger partial charge in [0.2, 0.25) is 5.91 Å². The van der Waals surface area contributed by atoms with Crippen LogP contribution in [-0.2, 0) is 4.79 Å². The molecule has 1 aromatic rings. The third kappa shape index (κ3) is 5.33. The molecule has 4 nitrogen and oxygen atoms in total. The third-order valence-electron chi connectivity index (χ3n) is 4.16. The normalized spacial score (nSPS) is 15.1. The molecule has 126 valence electrons. The molecule has 0 fully saturated rings. The summed E-state index contributed by atoms with van der Waals surface area (Å²) in [4.78, 5) is 12.1.